The lowest BCUT2D eigenvalue weighted by Crippen LogP contribution is -2.17. The molecule has 28 heavy (non-hydrogen) atoms. The summed E-state index contributed by atoms with van der Waals surface area (Å²) < 4.78 is 32.9. The van der Waals surface area contributed by atoms with Crippen LogP contribution < -0.4 is 16.6 Å². The zero-order valence-corrected chi connectivity index (χ0v) is 15.3. The van der Waals surface area contributed by atoms with Crippen molar-refractivity contribution < 1.29 is 18.0 Å². The summed E-state index contributed by atoms with van der Waals surface area (Å²) in [7, 11) is 0. The first kappa shape index (κ1) is 19.4. The second-order valence-electron chi connectivity index (χ2n) is 5.46. The largest absolute Gasteiger partial charge is 0.460 e. The van der Waals surface area contributed by atoms with Crippen LogP contribution in [0.2, 0.25) is 0 Å². The Morgan fingerprint density at radius 3 is 2.89 bits per heavy atom. The minimum atomic E-state index is -0.864. The second kappa shape index (κ2) is 8.52. The molecule has 0 radical (unpaired) electrons. The minimum absolute atomic E-state index is 0.110. The van der Waals surface area contributed by atoms with Crippen molar-refractivity contribution in [1.82, 2.24) is 14.9 Å². The number of nitrogens with one attached hydrogen (secondary N) is 2. The number of hydrogen-bond acceptors (Lipinski definition) is 8. The molecule has 0 aliphatic rings. The number of furan rings is 1. The Balaban J connectivity index is 1.53. The standard InChI is InChI=1S/C16H15F2N7O2S/c1-9-2-4-11(27-9)7-20-22-15-23-24-16(25(15)19)28-8-14(26)21-13-5-3-10(17)6-12(13)18/h2-7H,8,19H2,1H3,(H,21,26)(H,22,23)/b20-7+. The number of carbonyl (C=O) groups excluding carboxylic acids is 1. The lowest BCUT2D eigenvalue weighted by atomic mass is 10.3. The summed E-state index contributed by atoms with van der Waals surface area (Å²) >= 11 is 0.983. The highest BCUT2D eigenvalue weighted by molar-refractivity contribution is 7.99. The van der Waals surface area contributed by atoms with Crippen LogP contribution in [-0.4, -0.2) is 32.7 Å². The minimum Gasteiger partial charge on any atom is -0.460 e. The average molecular weight is 407 g/mol. The molecule has 146 valence electrons. The molecular formula is C16H15F2N7O2S. The van der Waals surface area contributed by atoms with Crippen molar-refractivity contribution in [3.8, 4) is 0 Å². The Hall–Kier alpha value is -3.41. The van der Waals surface area contributed by atoms with Crippen molar-refractivity contribution in [3.05, 3.63) is 53.5 Å². The Labute approximate surface area is 162 Å². The van der Waals surface area contributed by atoms with E-state index in [0.29, 0.717) is 11.8 Å². The molecule has 1 amide bonds. The van der Waals surface area contributed by atoms with Crippen LogP contribution >= 0.6 is 11.8 Å². The van der Waals surface area contributed by atoms with Gasteiger partial charge in [0.25, 0.3) is 5.95 Å². The molecule has 0 saturated carbocycles. The molecule has 0 saturated heterocycles. The Morgan fingerprint density at radius 2 is 2.18 bits per heavy atom. The number of aromatic nitrogens is 3. The number of nitrogens with two attached hydrogens (primary N) is 1. The van der Waals surface area contributed by atoms with Crippen LogP contribution in [0, 0.1) is 18.6 Å². The zero-order chi connectivity index (χ0) is 20.1. The van der Waals surface area contributed by atoms with E-state index < -0.39 is 17.5 Å². The van der Waals surface area contributed by atoms with Gasteiger partial charge in [-0.25, -0.2) is 18.9 Å². The van der Waals surface area contributed by atoms with Gasteiger partial charge in [-0.2, -0.15) is 5.10 Å². The predicted molar refractivity (Wildman–Crippen MR) is 101 cm³/mol. The van der Waals surface area contributed by atoms with Crippen LogP contribution in [0.5, 0.6) is 0 Å². The number of rotatable bonds is 7. The number of amides is 1. The molecule has 1 aromatic carbocycles. The Bertz CT molecular complexity index is 1020. The number of nitrogens with zero attached hydrogens (tertiary/aromatic N) is 4. The van der Waals surface area contributed by atoms with Crippen LogP contribution in [0.3, 0.4) is 0 Å². The number of nitrogen functional groups attached to an aromatic ring is 1. The predicted octanol–water partition coefficient (Wildman–Crippen LogP) is 2.35. The number of carbonyl (C=O) groups is 1. The SMILES string of the molecule is Cc1ccc(/C=N/Nc2nnc(SCC(=O)Nc3ccc(F)cc3F)n2N)o1. The van der Waals surface area contributed by atoms with E-state index in [1.54, 1.807) is 12.1 Å². The maximum absolute atomic E-state index is 13.5. The van der Waals surface area contributed by atoms with Gasteiger partial charge in [0.15, 0.2) is 0 Å². The Kier molecular flexibility index (Phi) is 5.89. The highest BCUT2D eigenvalue weighted by atomic mass is 32.2. The van der Waals surface area contributed by atoms with E-state index in [9.17, 15) is 13.6 Å². The number of hydrazone groups is 1. The molecule has 3 aromatic rings. The molecule has 0 spiro atoms. The first-order valence-corrected chi connectivity index (χ1v) is 8.84. The number of hydrogen-bond donors (Lipinski definition) is 3. The zero-order valence-electron chi connectivity index (χ0n) is 14.5. The summed E-state index contributed by atoms with van der Waals surface area (Å²) in [6.45, 7) is 1.81. The van der Waals surface area contributed by atoms with Crippen LogP contribution in [0.25, 0.3) is 0 Å². The van der Waals surface area contributed by atoms with Gasteiger partial charge in [-0.3, -0.25) is 4.79 Å². The third-order valence-corrected chi connectivity index (χ3v) is 4.26. The van der Waals surface area contributed by atoms with Crippen LogP contribution in [0.15, 0.2) is 45.0 Å². The molecule has 0 fully saturated rings. The van der Waals surface area contributed by atoms with Gasteiger partial charge in [-0.05, 0) is 31.2 Å². The number of aryl methyl sites for hydroxylation is 1. The van der Waals surface area contributed by atoms with E-state index in [2.05, 4.69) is 26.0 Å². The van der Waals surface area contributed by atoms with Gasteiger partial charge in [0, 0.05) is 6.07 Å². The van der Waals surface area contributed by atoms with Gasteiger partial charge in [-0.1, -0.05) is 11.8 Å². The highest BCUT2D eigenvalue weighted by Gasteiger charge is 2.13. The molecule has 0 aliphatic heterocycles. The van der Waals surface area contributed by atoms with E-state index in [1.807, 2.05) is 6.92 Å². The van der Waals surface area contributed by atoms with Gasteiger partial charge in [0.1, 0.15) is 23.2 Å². The maximum Gasteiger partial charge on any atom is 0.264 e. The quantitative estimate of drug-likeness (QED) is 0.238. The lowest BCUT2D eigenvalue weighted by Gasteiger charge is -2.06. The second-order valence-corrected chi connectivity index (χ2v) is 6.40. The molecule has 12 heteroatoms. The topological polar surface area (TPSA) is 123 Å². The fraction of sp³-hybridized carbons (Fsp3) is 0.125. The Morgan fingerprint density at radius 1 is 1.36 bits per heavy atom. The van der Waals surface area contributed by atoms with E-state index in [-0.39, 0.29) is 22.5 Å². The molecule has 2 aromatic heterocycles. The van der Waals surface area contributed by atoms with Gasteiger partial charge in [0.05, 0.1) is 17.7 Å². The maximum atomic E-state index is 13.5. The molecule has 0 unspecified atom stereocenters. The number of thioether (sulfide) groups is 1. The smallest absolute Gasteiger partial charge is 0.264 e. The molecule has 0 bridgehead atoms. The van der Waals surface area contributed by atoms with E-state index in [4.69, 9.17) is 10.3 Å². The van der Waals surface area contributed by atoms with Crippen molar-refractivity contribution in [3.63, 3.8) is 0 Å². The van der Waals surface area contributed by atoms with Crippen molar-refractivity contribution >= 4 is 35.5 Å². The third kappa shape index (κ3) is 4.85. The molecule has 0 aliphatic carbocycles. The molecule has 0 atom stereocenters. The highest BCUT2D eigenvalue weighted by Crippen LogP contribution is 2.19. The summed E-state index contributed by atoms with van der Waals surface area (Å²) in [5.41, 5.74) is 2.49. The summed E-state index contributed by atoms with van der Waals surface area (Å²) in [5, 5.41) is 14.2. The number of halogens is 2. The summed E-state index contributed by atoms with van der Waals surface area (Å²) in [4.78, 5) is 11.9. The number of benzene rings is 1. The van der Waals surface area contributed by atoms with Crippen LogP contribution in [0.4, 0.5) is 20.4 Å². The first-order valence-electron chi connectivity index (χ1n) is 7.86. The lowest BCUT2D eigenvalue weighted by molar-refractivity contribution is -0.113. The fourth-order valence-corrected chi connectivity index (χ4v) is 2.69. The molecule has 3 rings (SSSR count). The van der Waals surface area contributed by atoms with Crippen molar-refractivity contribution in [2.45, 2.75) is 12.1 Å². The molecule has 2 heterocycles. The summed E-state index contributed by atoms with van der Waals surface area (Å²) in [6, 6.07) is 6.41. The molecular weight excluding hydrogens is 392 g/mol. The normalized spacial score (nSPS) is 11.1. The molecule has 4 N–H and O–H groups in total. The van der Waals surface area contributed by atoms with Gasteiger partial charge < -0.3 is 15.6 Å². The van der Waals surface area contributed by atoms with Crippen LogP contribution in [-0.2, 0) is 4.79 Å². The molecule has 9 nitrogen and oxygen atoms in total. The van der Waals surface area contributed by atoms with Gasteiger partial charge in [-0.15, -0.1) is 10.2 Å². The average Bonchev–Trinajstić information content (AvgIpc) is 3.22. The van der Waals surface area contributed by atoms with Gasteiger partial charge >= 0.3 is 0 Å². The fourth-order valence-electron chi connectivity index (χ4n) is 2.04. The van der Waals surface area contributed by atoms with Crippen LogP contribution in [0.1, 0.15) is 11.5 Å². The first-order chi connectivity index (χ1) is 13.4. The summed E-state index contributed by atoms with van der Waals surface area (Å²) in [5.74, 6) is 5.07. The van der Waals surface area contributed by atoms with E-state index in [1.165, 1.54) is 6.21 Å². The monoisotopic (exact) mass is 407 g/mol. The third-order valence-electron chi connectivity index (χ3n) is 3.32. The summed E-state index contributed by atoms with van der Waals surface area (Å²) in [6.07, 6.45) is 1.44. The number of anilines is 2. The van der Waals surface area contributed by atoms with Crippen molar-refractivity contribution in [2.24, 2.45) is 5.10 Å². The van der Waals surface area contributed by atoms with Gasteiger partial charge in [0.2, 0.25) is 11.1 Å². The van der Waals surface area contributed by atoms with Crippen molar-refractivity contribution in [1.29, 1.82) is 0 Å². The van der Waals surface area contributed by atoms with E-state index >= 15 is 0 Å². The van der Waals surface area contributed by atoms with Crippen molar-refractivity contribution in [2.75, 3.05) is 22.3 Å². The van der Waals surface area contributed by atoms with E-state index in [0.717, 1.165) is 34.3 Å².